The van der Waals surface area contributed by atoms with Crippen LogP contribution in [0.3, 0.4) is 0 Å². The summed E-state index contributed by atoms with van der Waals surface area (Å²) < 4.78 is 16.4. The van der Waals surface area contributed by atoms with E-state index in [-0.39, 0.29) is 18.1 Å². The van der Waals surface area contributed by atoms with E-state index in [0.29, 0.717) is 16.9 Å². The van der Waals surface area contributed by atoms with Crippen LogP contribution >= 0.6 is 0 Å². The Morgan fingerprint density at radius 3 is 2.55 bits per heavy atom. The van der Waals surface area contributed by atoms with E-state index in [1.807, 2.05) is 12.1 Å². The first-order chi connectivity index (χ1) is 14.9. The van der Waals surface area contributed by atoms with Crippen LogP contribution in [0.25, 0.3) is 11.0 Å². The molecule has 1 aliphatic rings. The molecule has 1 heterocycles. The van der Waals surface area contributed by atoms with Crippen molar-refractivity contribution < 1.29 is 23.5 Å². The van der Waals surface area contributed by atoms with Crippen LogP contribution in [0.5, 0.6) is 5.75 Å². The zero-order chi connectivity index (χ0) is 22.0. The highest BCUT2D eigenvalue weighted by Gasteiger charge is 2.26. The third-order valence-electron chi connectivity index (χ3n) is 5.32. The highest BCUT2D eigenvalue weighted by Crippen LogP contribution is 2.29. The van der Waals surface area contributed by atoms with E-state index in [9.17, 15) is 14.4 Å². The number of amides is 1. The maximum atomic E-state index is 12.5. The lowest BCUT2D eigenvalue weighted by Crippen LogP contribution is -2.32. The Kier molecular flexibility index (Phi) is 5.75. The minimum absolute atomic E-state index is 0.315. The van der Waals surface area contributed by atoms with Gasteiger partial charge in [-0.25, -0.2) is 9.59 Å². The normalized spacial score (nSPS) is 13.5. The molecule has 1 aliphatic carbocycles. The van der Waals surface area contributed by atoms with E-state index in [1.54, 1.807) is 50.5 Å². The van der Waals surface area contributed by atoms with Gasteiger partial charge >= 0.3 is 11.6 Å². The average Bonchev–Trinajstić information content (AvgIpc) is 3.27. The number of fused-ring (bicyclic) bond motifs is 3. The Labute approximate surface area is 179 Å². The number of carbonyl (C=O) groups excluding carboxylic acids is 2. The van der Waals surface area contributed by atoms with E-state index in [4.69, 9.17) is 13.9 Å². The van der Waals surface area contributed by atoms with Crippen LogP contribution < -0.4 is 10.4 Å². The third kappa shape index (κ3) is 4.30. The topological polar surface area (TPSA) is 86.0 Å². The molecule has 31 heavy (non-hydrogen) atoms. The summed E-state index contributed by atoms with van der Waals surface area (Å²) in [6.45, 7) is -0.384. The van der Waals surface area contributed by atoms with E-state index in [1.165, 1.54) is 4.90 Å². The number of ether oxygens (including phenoxy) is 2. The van der Waals surface area contributed by atoms with E-state index >= 15 is 0 Å². The smallest absolute Gasteiger partial charge is 0.345 e. The van der Waals surface area contributed by atoms with Crippen LogP contribution in [0.1, 0.15) is 29.2 Å². The number of benzene rings is 2. The average molecular weight is 421 g/mol. The SMILES string of the molecule is CN(C)C(=O)[C@H](OC(=O)COc1ccc2c3c(c(=O)oc2c1)CCC3)c1ccccc1. The van der Waals surface area contributed by atoms with Gasteiger partial charge in [0.25, 0.3) is 5.91 Å². The molecule has 3 aromatic rings. The summed E-state index contributed by atoms with van der Waals surface area (Å²) >= 11 is 0. The van der Waals surface area contributed by atoms with Crippen molar-refractivity contribution in [2.75, 3.05) is 20.7 Å². The number of aryl methyl sites for hydroxylation is 1. The summed E-state index contributed by atoms with van der Waals surface area (Å²) in [5, 5.41) is 0.891. The molecule has 0 saturated carbocycles. The van der Waals surface area contributed by atoms with Crippen molar-refractivity contribution in [3.8, 4) is 5.75 Å². The van der Waals surface area contributed by atoms with Crippen LogP contribution in [0, 0.1) is 0 Å². The van der Waals surface area contributed by atoms with Crippen molar-refractivity contribution in [2.45, 2.75) is 25.4 Å². The molecule has 0 bridgehead atoms. The molecular weight excluding hydrogens is 398 g/mol. The second-order valence-corrected chi connectivity index (χ2v) is 7.66. The Morgan fingerprint density at radius 1 is 1.06 bits per heavy atom. The van der Waals surface area contributed by atoms with Gasteiger partial charge in [-0.3, -0.25) is 4.79 Å². The highest BCUT2D eigenvalue weighted by molar-refractivity contribution is 5.85. The standard InChI is InChI=1S/C24H23NO6/c1-25(2)23(27)22(15-7-4-3-5-8-15)31-21(26)14-29-16-11-12-18-17-9-6-10-19(17)24(28)30-20(18)13-16/h3-5,7-8,11-13,22H,6,9-10,14H2,1-2H3/t22-/m1/s1. The van der Waals surface area contributed by atoms with E-state index in [2.05, 4.69) is 0 Å². The van der Waals surface area contributed by atoms with Crippen molar-refractivity contribution in [3.63, 3.8) is 0 Å². The Balaban J connectivity index is 1.47. The Bertz CT molecular complexity index is 1180. The molecular formula is C24H23NO6. The fourth-order valence-corrected chi connectivity index (χ4v) is 3.78. The number of nitrogens with zero attached hydrogens (tertiary/aromatic N) is 1. The molecule has 0 saturated heterocycles. The van der Waals surface area contributed by atoms with E-state index in [0.717, 1.165) is 35.8 Å². The van der Waals surface area contributed by atoms with Crippen LogP contribution in [0.2, 0.25) is 0 Å². The van der Waals surface area contributed by atoms with Gasteiger partial charge < -0.3 is 18.8 Å². The van der Waals surface area contributed by atoms with Crippen LogP contribution in [0.15, 0.2) is 57.7 Å². The van der Waals surface area contributed by atoms with Crippen LogP contribution in [-0.4, -0.2) is 37.5 Å². The highest BCUT2D eigenvalue weighted by atomic mass is 16.6. The molecule has 0 N–H and O–H groups in total. The van der Waals surface area contributed by atoms with Gasteiger partial charge in [-0.1, -0.05) is 30.3 Å². The zero-order valence-electron chi connectivity index (χ0n) is 17.4. The fourth-order valence-electron chi connectivity index (χ4n) is 3.78. The number of likely N-dealkylation sites (N-methyl/N-ethyl adjacent to an activating group) is 1. The molecule has 0 aliphatic heterocycles. The molecule has 7 nitrogen and oxygen atoms in total. The second-order valence-electron chi connectivity index (χ2n) is 7.66. The molecule has 4 rings (SSSR count). The van der Waals surface area contributed by atoms with Gasteiger partial charge in [0.2, 0.25) is 6.10 Å². The monoisotopic (exact) mass is 421 g/mol. The molecule has 1 amide bonds. The second kappa shape index (κ2) is 8.63. The lowest BCUT2D eigenvalue weighted by Gasteiger charge is -2.21. The van der Waals surface area contributed by atoms with Gasteiger partial charge in [0, 0.05) is 36.7 Å². The molecule has 0 fully saturated rings. The quantitative estimate of drug-likeness (QED) is 0.449. The number of rotatable bonds is 6. The van der Waals surface area contributed by atoms with Gasteiger partial charge in [-0.2, -0.15) is 0 Å². The van der Waals surface area contributed by atoms with Crippen LogP contribution in [0.4, 0.5) is 0 Å². The molecule has 0 radical (unpaired) electrons. The molecule has 1 aromatic heterocycles. The lowest BCUT2D eigenvalue weighted by atomic mass is 10.1. The number of hydrogen-bond donors (Lipinski definition) is 0. The molecule has 0 unspecified atom stereocenters. The van der Waals surface area contributed by atoms with Crippen molar-refractivity contribution >= 4 is 22.8 Å². The van der Waals surface area contributed by atoms with Crippen LogP contribution in [-0.2, 0) is 27.2 Å². The summed E-state index contributed by atoms with van der Waals surface area (Å²) in [5.41, 5.74) is 2.48. The lowest BCUT2D eigenvalue weighted by molar-refractivity contribution is -0.161. The molecule has 2 aromatic carbocycles. The molecule has 1 atom stereocenters. The summed E-state index contributed by atoms with van der Waals surface area (Å²) in [5.74, 6) is -0.652. The van der Waals surface area contributed by atoms with E-state index < -0.39 is 12.1 Å². The maximum absolute atomic E-state index is 12.5. The Morgan fingerprint density at radius 2 is 1.81 bits per heavy atom. The summed E-state index contributed by atoms with van der Waals surface area (Å²) in [6, 6.07) is 14.0. The third-order valence-corrected chi connectivity index (χ3v) is 5.32. The summed E-state index contributed by atoms with van der Waals surface area (Å²) in [6.07, 6.45) is 1.48. The molecule has 7 heteroatoms. The summed E-state index contributed by atoms with van der Waals surface area (Å²) in [7, 11) is 3.20. The van der Waals surface area contributed by atoms with Gasteiger partial charge in [-0.05, 0) is 37.0 Å². The van der Waals surface area contributed by atoms with Crippen molar-refractivity contribution in [1.82, 2.24) is 4.90 Å². The van der Waals surface area contributed by atoms with Gasteiger partial charge in [-0.15, -0.1) is 0 Å². The predicted molar refractivity (Wildman–Crippen MR) is 114 cm³/mol. The zero-order valence-corrected chi connectivity index (χ0v) is 17.4. The molecule has 160 valence electrons. The Hall–Kier alpha value is -3.61. The van der Waals surface area contributed by atoms with Crippen molar-refractivity contribution in [3.05, 3.63) is 75.6 Å². The van der Waals surface area contributed by atoms with Crippen molar-refractivity contribution in [2.24, 2.45) is 0 Å². The first-order valence-electron chi connectivity index (χ1n) is 10.1. The predicted octanol–water partition coefficient (Wildman–Crippen LogP) is 3.03. The number of hydrogen-bond acceptors (Lipinski definition) is 6. The first kappa shape index (κ1) is 20.7. The van der Waals surface area contributed by atoms with Gasteiger partial charge in [0.1, 0.15) is 11.3 Å². The largest absolute Gasteiger partial charge is 0.482 e. The van der Waals surface area contributed by atoms with Gasteiger partial charge in [0.15, 0.2) is 6.61 Å². The maximum Gasteiger partial charge on any atom is 0.345 e. The number of carbonyl (C=O) groups is 2. The van der Waals surface area contributed by atoms with Gasteiger partial charge in [0.05, 0.1) is 0 Å². The molecule has 0 spiro atoms. The number of esters is 1. The minimum Gasteiger partial charge on any atom is -0.482 e. The van der Waals surface area contributed by atoms with Crippen molar-refractivity contribution in [1.29, 1.82) is 0 Å². The first-order valence-corrected chi connectivity index (χ1v) is 10.1. The fraction of sp³-hybridized carbons (Fsp3) is 0.292. The minimum atomic E-state index is -1.05. The summed E-state index contributed by atoms with van der Waals surface area (Å²) in [4.78, 5) is 38.4.